The van der Waals surface area contributed by atoms with E-state index in [0.717, 1.165) is 27.7 Å². The van der Waals surface area contributed by atoms with E-state index in [1.54, 1.807) is 0 Å². The molecule has 0 spiro atoms. The number of ether oxygens (including phenoxy) is 13. The average molecular weight is 1560 g/mol. The first-order chi connectivity index (χ1) is 49.0. The maximum absolute atomic E-state index is 13.4. The molecular weight excluding hydrogens is 1460 g/mol. The summed E-state index contributed by atoms with van der Waals surface area (Å²) in [5.74, 6) is -15.0. The molecule has 7 rings (SSSR count). The van der Waals surface area contributed by atoms with Gasteiger partial charge in [0.15, 0.2) is 31.5 Å². The van der Waals surface area contributed by atoms with Gasteiger partial charge in [-0.15, -0.1) is 0 Å². The van der Waals surface area contributed by atoms with Gasteiger partial charge in [-0.3, -0.25) is 23.7 Å². The number of carboxylic acid groups (broad SMARTS) is 2. The minimum absolute atomic E-state index is 0.872. The summed E-state index contributed by atoms with van der Waals surface area (Å²) in [5.41, 5.74) is 0. The van der Waals surface area contributed by atoms with Crippen LogP contribution in [-0.4, -0.2) is 421 Å². The van der Waals surface area contributed by atoms with Gasteiger partial charge in [-0.05, 0) is 6.92 Å². The van der Waals surface area contributed by atoms with Gasteiger partial charge in [-0.25, -0.2) is 13.8 Å². The summed E-state index contributed by atoms with van der Waals surface area (Å²) in [6.07, 6.45) is -72.3. The Balaban J connectivity index is 1.23. The van der Waals surface area contributed by atoms with Crippen molar-refractivity contribution in [1.29, 1.82) is 0 Å². The summed E-state index contributed by atoms with van der Waals surface area (Å²) in [6.45, 7) is -2.82. The van der Waals surface area contributed by atoms with E-state index in [1.165, 1.54) is 6.92 Å². The third kappa shape index (κ3) is 20.1. The molecule has 7 fully saturated rings. The lowest BCUT2D eigenvalue weighted by Gasteiger charge is -2.52. The van der Waals surface area contributed by atoms with Crippen LogP contribution >= 0.6 is 0 Å². The second-order valence-electron chi connectivity index (χ2n) is 25.9. The topological polar surface area (TPSA) is 759 Å². The third-order valence-electron chi connectivity index (χ3n) is 18.2. The molecule has 606 valence electrons. The Kier molecular flexibility index (Phi) is 30.5. The molecule has 37 atom stereocenters. The molecule has 7 heterocycles. The normalized spacial score (nSPS) is 43.8. The standard InChI is InChI=1S/C56H92N4O44S/c1-14-31(73)37(79)38(80)50(93-14)100-45-30(60-18(5)68)49(96-24(11-64)41(45)98-52-40(82)47(36(78)26(97-52)13-92-105(88,89)90)104-56(54(86)87)7-20(70)28(58-16(3)66)44(102-56)33(75)22(72)9-62)91-12-25-35(77)42(29(48(83)94-25)59-17(4)67)99-51-39(81)46(34(76)23(10-63)95-51)103-55(53(84)85)6-19(69)27(57-15(2)65)43(101-55)32(74)21(71)8-61/h14,19-52,61-64,69-83H,6-13H2,1-5H3,(H,57,65)(H,58,66)(H,59,67)(H,60,68)(H,84,85)(H,86,87)(H,88,89,90)/t14-,19-,20-,21+,22+,23+,24+,25+,26+,27+,28+,29+,30+,31+,32+,33+,34-,35-,36-,37+,38-,39+,40+,41+,42+,43+,44+,45+,46-,47-,48?,49+,50-,51-,52-,55-,56-/m0/s1. The van der Waals surface area contributed by atoms with Crippen molar-refractivity contribution in [3.05, 3.63) is 0 Å². The average Bonchev–Trinajstić information content (AvgIpc) is 0.757. The zero-order chi connectivity index (χ0) is 78.6. The number of aliphatic carboxylic acids is 2. The molecule has 1 unspecified atom stereocenters. The predicted octanol–water partition coefficient (Wildman–Crippen LogP) is -16.4. The minimum Gasteiger partial charge on any atom is -0.477 e. The van der Waals surface area contributed by atoms with E-state index < -0.39 is 324 Å². The molecule has 26 N–H and O–H groups in total. The van der Waals surface area contributed by atoms with Crippen LogP contribution in [0.3, 0.4) is 0 Å². The summed E-state index contributed by atoms with van der Waals surface area (Å²) < 4.78 is 114. The van der Waals surface area contributed by atoms with Gasteiger partial charge in [-0.1, -0.05) is 0 Å². The highest BCUT2D eigenvalue weighted by molar-refractivity contribution is 7.80. The summed E-state index contributed by atoms with van der Waals surface area (Å²) in [7, 11) is -5.52. The number of rotatable bonds is 30. The van der Waals surface area contributed by atoms with Crippen molar-refractivity contribution in [3.63, 3.8) is 0 Å². The highest BCUT2D eigenvalue weighted by Gasteiger charge is 2.64. The molecule has 0 aromatic rings. The number of hydrogen-bond donors (Lipinski definition) is 26. The van der Waals surface area contributed by atoms with Gasteiger partial charge in [-0.2, -0.15) is 8.42 Å². The summed E-state index contributed by atoms with van der Waals surface area (Å²) in [4.78, 5) is 77.1. The van der Waals surface area contributed by atoms with Crippen LogP contribution in [0.15, 0.2) is 0 Å². The molecule has 49 heteroatoms. The van der Waals surface area contributed by atoms with E-state index >= 15 is 0 Å². The van der Waals surface area contributed by atoms with Crippen LogP contribution < -0.4 is 21.3 Å². The van der Waals surface area contributed by atoms with Crippen LogP contribution in [0.5, 0.6) is 0 Å². The van der Waals surface area contributed by atoms with Crippen molar-refractivity contribution in [1.82, 2.24) is 21.3 Å². The van der Waals surface area contributed by atoms with Crippen LogP contribution in [0.2, 0.25) is 0 Å². The Morgan fingerprint density at radius 1 is 0.457 bits per heavy atom. The SMILES string of the molecule is CC(=O)N[C@H]1[C@H](OC[C@H]2OC(O)[C@H](NC(C)=O)[C@@H](O[C@@H]3O[C@H](CO)[C@H](O)[C@H](O[C@]4(C(=O)O)C[C@H](O)[C@@H](NC(C)=O)[C@H]([C@H](O)[C@H](O)CO)O4)[C@H]3O)[C@H]2O)O[C@H](CO)[C@@H](O[C@@H]2O[C@H](COS(=O)(=O)O)[C@H](O)[C@H](O[C@]3(C(=O)O)C[C@H](O)[C@@H](NC(C)=O)[C@H]([C@H](O)[C@H](O)CO)O3)[C@H]2O)[C@@H]1O[C@@H]1O[C@@H](C)[C@@H](O)[C@@H](O)[C@@H]1O. The monoisotopic (exact) mass is 1560 g/mol. The molecule has 0 radical (unpaired) electrons. The van der Waals surface area contributed by atoms with Crippen LogP contribution in [0.25, 0.3) is 0 Å². The van der Waals surface area contributed by atoms with Gasteiger partial charge in [0, 0.05) is 40.5 Å². The van der Waals surface area contributed by atoms with Gasteiger partial charge in [0.1, 0.15) is 152 Å². The molecule has 0 aliphatic carbocycles. The van der Waals surface area contributed by atoms with Crippen LogP contribution in [0.4, 0.5) is 0 Å². The smallest absolute Gasteiger partial charge is 0.397 e. The molecule has 7 saturated heterocycles. The molecule has 48 nitrogen and oxygen atoms in total. The van der Waals surface area contributed by atoms with Crippen molar-refractivity contribution in [3.8, 4) is 0 Å². The second kappa shape index (κ2) is 36.5. The molecular formula is C56H92N4O44S. The lowest BCUT2D eigenvalue weighted by molar-refractivity contribution is -0.392. The van der Waals surface area contributed by atoms with Crippen molar-refractivity contribution in [2.45, 2.75) is 273 Å². The van der Waals surface area contributed by atoms with Gasteiger partial charge >= 0.3 is 22.3 Å². The number of carboxylic acids is 2. The number of aliphatic hydroxyl groups excluding tert-OH is 19. The quantitative estimate of drug-likeness (QED) is 0.0297. The third-order valence-corrected chi connectivity index (χ3v) is 18.7. The fourth-order valence-electron chi connectivity index (χ4n) is 13.0. The van der Waals surface area contributed by atoms with Crippen LogP contribution in [0.1, 0.15) is 47.5 Å². The fourth-order valence-corrected chi connectivity index (χ4v) is 13.3. The van der Waals surface area contributed by atoms with Gasteiger partial charge in [0.2, 0.25) is 23.6 Å². The largest absolute Gasteiger partial charge is 0.477 e. The number of carbonyl (C=O) groups is 6. The zero-order valence-electron chi connectivity index (χ0n) is 56.1. The Bertz CT molecular complexity index is 3030. The van der Waals surface area contributed by atoms with E-state index in [0.29, 0.717) is 0 Å². The number of aliphatic hydroxyl groups is 19. The predicted molar refractivity (Wildman–Crippen MR) is 322 cm³/mol. The molecule has 4 amide bonds. The fraction of sp³-hybridized carbons (Fsp3) is 0.893. The Morgan fingerprint density at radius 3 is 1.29 bits per heavy atom. The van der Waals surface area contributed by atoms with Crippen LogP contribution in [0, 0.1) is 0 Å². The van der Waals surface area contributed by atoms with E-state index in [4.69, 9.17) is 61.6 Å². The van der Waals surface area contributed by atoms with Gasteiger partial charge < -0.3 is 190 Å². The lowest BCUT2D eigenvalue weighted by Crippen LogP contribution is -2.72. The first-order valence-electron chi connectivity index (χ1n) is 32.4. The number of carbonyl (C=O) groups excluding carboxylic acids is 4. The Morgan fingerprint density at radius 2 is 0.848 bits per heavy atom. The van der Waals surface area contributed by atoms with Gasteiger partial charge in [0.05, 0.1) is 70.0 Å². The van der Waals surface area contributed by atoms with E-state index in [1.807, 2.05) is 0 Å². The van der Waals surface area contributed by atoms with Crippen molar-refractivity contribution < 1.29 is 215 Å². The van der Waals surface area contributed by atoms with E-state index in [9.17, 15) is 149 Å². The maximum atomic E-state index is 13.4. The lowest BCUT2D eigenvalue weighted by atomic mass is 9.88. The van der Waals surface area contributed by atoms with Crippen molar-refractivity contribution >= 4 is 46.0 Å². The van der Waals surface area contributed by atoms with E-state index in [-0.39, 0.29) is 0 Å². The number of nitrogens with one attached hydrogen (secondary N) is 4. The van der Waals surface area contributed by atoms with Crippen molar-refractivity contribution in [2.75, 3.05) is 39.6 Å². The summed E-state index contributed by atoms with van der Waals surface area (Å²) in [5, 5.41) is 241. The van der Waals surface area contributed by atoms with E-state index in [2.05, 4.69) is 25.5 Å². The minimum atomic E-state index is -5.52. The summed E-state index contributed by atoms with van der Waals surface area (Å²) >= 11 is 0. The molecule has 0 bridgehead atoms. The maximum Gasteiger partial charge on any atom is 0.397 e. The highest BCUT2D eigenvalue weighted by Crippen LogP contribution is 2.42. The summed E-state index contributed by atoms with van der Waals surface area (Å²) in [6, 6.07) is -7.57. The molecule has 0 aromatic carbocycles. The number of amides is 4. The second-order valence-corrected chi connectivity index (χ2v) is 27.0. The molecule has 0 saturated carbocycles. The first kappa shape index (κ1) is 87.6. The Labute approximate surface area is 593 Å². The molecule has 105 heavy (non-hydrogen) atoms. The van der Waals surface area contributed by atoms with Crippen molar-refractivity contribution in [2.24, 2.45) is 0 Å². The highest BCUT2D eigenvalue weighted by atomic mass is 32.3. The Hall–Kier alpha value is -4.59. The van der Waals surface area contributed by atoms with Crippen LogP contribution in [-0.2, 0) is 105 Å². The number of hydrogen-bond acceptors (Lipinski definition) is 41. The molecule has 0 aromatic heterocycles. The zero-order valence-corrected chi connectivity index (χ0v) is 56.9. The first-order valence-corrected chi connectivity index (χ1v) is 33.7. The molecule has 7 aliphatic rings. The van der Waals surface area contributed by atoms with Gasteiger partial charge in [0.25, 0.3) is 11.6 Å². The molecule has 7 aliphatic heterocycles.